The van der Waals surface area contributed by atoms with Crippen LogP contribution < -0.4 is 0 Å². The minimum absolute atomic E-state index is 0.360. The highest BCUT2D eigenvalue weighted by atomic mass is 19.3. The van der Waals surface area contributed by atoms with E-state index in [2.05, 4.69) is 4.90 Å². The predicted octanol–water partition coefficient (Wildman–Crippen LogP) is 4.08. The fourth-order valence-electron chi connectivity index (χ4n) is 3.42. The smallest absolute Gasteiger partial charge is 0.303 e. The lowest BCUT2D eigenvalue weighted by atomic mass is 9.85. The van der Waals surface area contributed by atoms with Gasteiger partial charge in [-0.25, -0.2) is 0 Å². The number of fused-ring (bicyclic) bond motifs is 1. The molecule has 0 unspecified atom stereocenters. The maximum Gasteiger partial charge on any atom is 0.314 e. The fourth-order valence-corrected chi connectivity index (χ4v) is 3.42. The molecule has 0 bridgehead atoms. The third kappa shape index (κ3) is 3.14. The zero-order valence-electron chi connectivity index (χ0n) is 12.6. The van der Waals surface area contributed by atoms with Crippen molar-refractivity contribution in [3.8, 4) is 0 Å². The minimum Gasteiger partial charge on any atom is -0.303 e. The number of halogens is 4. The Morgan fingerprint density at radius 3 is 2.23 bits per heavy atom. The highest BCUT2D eigenvalue weighted by molar-refractivity contribution is 5.37. The van der Waals surface area contributed by atoms with E-state index < -0.39 is 24.7 Å². The first-order valence-corrected chi connectivity index (χ1v) is 7.96. The lowest BCUT2D eigenvalue weighted by Crippen LogP contribution is -2.47. The van der Waals surface area contributed by atoms with E-state index in [1.807, 2.05) is 6.07 Å². The molecule has 5 heteroatoms. The molecule has 0 radical (unpaired) electrons. The first-order chi connectivity index (χ1) is 10.4. The molecule has 1 aliphatic heterocycles. The van der Waals surface area contributed by atoms with Crippen molar-refractivity contribution in [2.75, 3.05) is 19.6 Å². The molecule has 0 N–H and O–H groups in total. The Bertz CT molecular complexity index is 535. The van der Waals surface area contributed by atoms with Crippen molar-refractivity contribution in [3.63, 3.8) is 0 Å². The number of benzene rings is 1. The number of likely N-dealkylation sites (tertiary alicyclic amines) is 1. The summed E-state index contributed by atoms with van der Waals surface area (Å²) in [6.07, 6.45) is 2.58. The third-order valence-corrected chi connectivity index (χ3v) is 4.77. The van der Waals surface area contributed by atoms with Gasteiger partial charge < -0.3 is 4.90 Å². The molecule has 0 spiro atoms. The molecular formula is C17H21F4N. The van der Waals surface area contributed by atoms with E-state index in [0.29, 0.717) is 11.1 Å². The van der Waals surface area contributed by atoms with Gasteiger partial charge in [0.05, 0.1) is 0 Å². The van der Waals surface area contributed by atoms with Crippen molar-refractivity contribution in [2.45, 2.75) is 50.4 Å². The summed E-state index contributed by atoms with van der Waals surface area (Å²) in [5.41, 5.74) is 1.72. The van der Waals surface area contributed by atoms with Gasteiger partial charge in [0.15, 0.2) is 0 Å². The van der Waals surface area contributed by atoms with E-state index in [-0.39, 0.29) is 0 Å². The van der Waals surface area contributed by atoms with Crippen LogP contribution in [0, 0.1) is 0 Å². The van der Waals surface area contributed by atoms with Gasteiger partial charge in [0, 0.05) is 12.8 Å². The summed E-state index contributed by atoms with van der Waals surface area (Å²) >= 11 is 0. The Morgan fingerprint density at radius 2 is 1.55 bits per heavy atom. The number of rotatable bonds is 4. The van der Waals surface area contributed by atoms with Crippen molar-refractivity contribution in [1.29, 1.82) is 0 Å². The number of aryl methyl sites for hydroxylation is 1. The van der Waals surface area contributed by atoms with Crippen LogP contribution in [0.1, 0.15) is 36.0 Å². The zero-order chi connectivity index (χ0) is 15.8. The molecular weight excluding hydrogens is 294 g/mol. The molecule has 1 aromatic carbocycles. The normalized spacial score (nSPS) is 23.5. The van der Waals surface area contributed by atoms with Crippen molar-refractivity contribution in [3.05, 3.63) is 34.9 Å². The first kappa shape index (κ1) is 15.8. The standard InChI is InChI=1S/C17H21F4N/c18-16(19)11-14-6-5-13(10-15(14)12-17(16,20)21)4-3-9-22-7-1-2-8-22/h5-6,10H,1-4,7-9,11-12H2. The molecule has 0 saturated carbocycles. The molecule has 122 valence electrons. The quantitative estimate of drug-likeness (QED) is 0.757. The van der Waals surface area contributed by atoms with Crippen molar-refractivity contribution >= 4 is 0 Å². The summed E-state index contributed by atoms with van der Waals surface area (Å²) in [7, 11) is 0. The zero-order valence-corrected chi connectivity index (χ0v) is 12.6. The monoisotopic (exact) mass is 315 g/mol. The third-order valence-electron chi connectivity index (χ3n) is 4.77. The van der Waals surface area contributed by atoms with Gasteiger partial charge in [0.1, 0.15) is 0 Å². The van der Waals surface area contributed by atoms with Crippen LogP contribution in [0.5, 0.6) is 0 Å². The van der Waals surface area contributed by atoms with Crippen LogP contribution in [-0.2, 0) is 19.3 Å². The van der Waals surface area contributed by atoms with Crippen LogP contribution in [0.2, 0.25) is 0 Å². The Kier molecular flexibility index (Phi) is 4.19. The molecule has 0 amide bonds. The fraction of sp³-hybridized carbons (Fsp3) is 0.647. The molecule has 3 rings (SSSR count). The Hall–Kier alpha value is -1.10. The van der Waals surface area contributed by atoms with Gasteiger partial charge in [-0.1, -0.05) is 18.2 Å². The molecule has 1 saturated heterocycles. The van der Waals surface area contributed by atoms with Gasteiger partial charge in [-0.2, -0.15) is 17.6 Å². The van der Waals surface area contributed by atoms with Gasteiger partial charge >= 0.3 is 11.8 Å². The Labute approximate surface area is 128 Å². The molecule has 1 heterocycles. The van der Waals surface area contributed by atoms with E-state index in [1.165, 1.54) is 12.8 Å². The van der Waals surface area contributed by atoms with Gasteiger partial charge in [-0.15, -0.1) is 0 Å². The number of hydrogen-bond donors (Lipinski definition) is 0. The second-order valence-electron chi connectivity index (χ2n) is 6.52. The predicted molar refractivity (Wildman–Crippen MR) is 77.7 cm³/mol. The second-order valence-corrected chi connectivity index (χ2v) is 6.52. The largest absolute Gasteiger partial charge is 0.314 e. The topological polar surface area (TPSA) is 3.24 Å². The van der Waals surface area contributed by atoms with E-state index in [1.54, 1.807) is 12.1 Å². The molecule has 22 heavy (non-hydrogen) atoms. The maximum absolute atomic E-state index is 13.5. The molecule has 2 aliphatic rings. The summed E-state index contributed by atoms with van der Waals surface area (Å²) in [6.45, 7) is 3.31. The van der Waals surface area contributed by atoms with Gasteiger partial charge in [0.2, 0.25) is 0 Å². The summed E-state index contributed by atoms with van der Waals surface area (Å²) < 4.78 is 53.7. The summed E-state index contributed by atoms with van der Waals surface area (Å²) in [5, 5.41) is 0. The van der Waals surface area contributed by atoms with Crippen LogP contribution in [0.15, 0.2) is 18.2 Å². The average Bonchev–Trinajstić information content (AvgIpc) is 2.93. The molecule has 1 nitrogen and oxygen atoms in total. The Balaban J connectivity index is 1.64. The van der Waals surface area contributed by atoms with Crippen LogP contribution in [0.3, 0.4) is 0 Å². The molecule has 1 aromatic rings. The van der Waals surface area contributed by atoms with Crippen LogP contribution in [0.25, 0.3) is 0 Å². The average molecular weight is 315 g/mol. The van der Waals surface area contributed by atoms with E-state index in [9.17, 15) is 17.6 Å². The van der Waals surface area contributed by atoms with Crippen molar-refractivity contribution in [2.24, 2.45) is 0 Å². The summed E-state index contributed by atoms with van der Waals surface area (Å²) in [5.74, 6) is -7.87. The van der Waals surface area contributed by atoms with Crippen LogP contribution in [-0.4, -0.2) is 36.4 Å². The number of alkyl halides is 4. The summed E-state index contributed by atoms with van der Waals surface area (Å²) in [4.78, 5) is 2.41. The highest BCUT2D eigenvalue weighted by Crippen LogP contribution is 2.44. The van der Waals surface area contributed by atoms with Crippen LogP contribution >= 0.6 is 0 Å². The van der Waals surface area contributed by atoms with Crippen LogP contribution in [0.4, 0.5) is 17.6 Å². The molecule has 0 aromatic heterocycles. The van der Waals surface area contributed by atoms with Crippen molar-refractivity contribution in [1.82, 2.24) is 4.90 Å². The molecule has 0 atom stereocenters. The number of hydrogen-bond acceptors (Lipinski definition) is 1. The highest BCUT2D eigenvalue weighted by Gasteiger charge is 2.58. The van der Waals surface area contributed by atoms with Gasteiger partial charge in [-0.05, 0) is 62.0 Å². The number of nitrogens with zero attached hydrogens (tertiary/aromatic N) is 1. The lowest BCUT2D eigenvalue weighted by molar-refractivity contribution is -0.211. The van der Waals surface area contributed by atoms with Gasteiger partial charge in [0.25, 0.3) is 0 Å². The maximum atomic E-state index is 13.5. The van der Waals surface area contributed by atoms with E-state index >= 15 is 0 Å². The molecule has 1 aliphatic carbocycles. The second kappa shape index (κ2) is 5.84. The first-order valence-electron chi connectivity index (χ1n) is 7.96. The lowest BCUT2D eigenvalue weighted by Gasteiger charge is -2.32. The Morgan fingerprint density at radius 1 is 0.909 bits per heavy atom. The minimum atomic E-state index is -3.94. The van der Waals surface area contributed by atoms with Gasteiger partial charge in [-0.3, -0.25) is 0 Å². The summed E-state index contributed by atoms with van der Waals surface area (Å²) in [6, 6.07) is 5.11. The van der Waals surface area contributed by atoms with E-state index in [4.69, 9.17) is 0 Å². The van der Waals surface area contributed by atoms with E-state index in [0.717, 1.165) is 38.0 Å². The molecule has 1 fully saturated rings. The van der Waals surface area contributed by atoms with Crippen molar-refractivity contribution < 1.29 is 17.6 Å². The SMILES string of the molecule is FC1(F)Cc2ccc(CCCN3CCCC3)cc2CC1(F)F.